The largest absolute Gasteiger partial charge is 0.467 e. The lowest BCUT2D eigenvalue weighted by molar-refractivity contribution is -0.154. The fraction of sp³-hybridized carbons (Fsp3) is 0.300. The summed E-state index contributed by atoms with van der Waals surface area (Å²) in [4.78, 5) is 11.3. The number of benzene rings is 1. The van der Waals surface area contributed by atoms with Gasteiger partial charge in [-0.25, -0.2) is 13.6 Å². The van der Waals surface area contributed by atoms with Gasteiger partial charge in [-0.05, 0) is 17.7 Å². The number of hydrogen-bond donors (Lipinski definition) is 1. The summed E-state index contributed by atoms with van der Waals surface area (Å²) < 4.78 is 30.0. The van der Waals surface area contributed by atoms with Crippen LogP contribution >= 0.6 is 11.6 Å². The summed E-state index contributed by atoms with van der Waals surface area (Å²) in [5, 5.41) is 0.366. The molecule has 0 fully saturated rings. The van der Waals surface area contributed by atoms with Gasteiger partial charge in [0.05, 0.1) is 7.11 Å². The monoisotopic (exact) mass is 249 g/mol. The van der Waals surface area contributed by atoms with Crippen LogP contribution in [0.15, 0.2) is 24.3 Å². The predicted molar refractivity (Wildman–Crippen MR) is 55.3 cm³/mol. The lowest BCUT2D eigenvalue weighted by atomic mass is 9.91. The first kappa shape index (κ1) is 12.9. The van der Waals surface area contributed by atoms with Crippen molar-refractivity contribution in [2.24, 2.45) is 5.73 Å². The highest BCUT2D eigenvalue weighted by molar-refractivity contribution is 6.30. The van der Waals surface area contributed by atoms with Crippen molar-refractivity contribution in [1.82, 2.24) is 0 Å². The molecular formula is C10H10ClF2NO2. The van der Waals surface area contributed by atoms with Crippen LogP contribution in [0.4, 0.5) is 8.78 Å². The molecule has 0 unspecified atom stereocenters. The Morgan fingerprint density at radius 2 is 1.94 bits per heavy atom. The minimum absolute atomic E-state index is 0.0428. The second-order valence-electron chi connectivity index (χ2n) is 3.17. The maximum atomic E-state index is 12.8. The van der Waals surface area contributed by atoms with E-state index in [2.05, 4.69) is 4.74 Å². The van der Waals surface area contributed by atoms with Crippen LogP contribution in [0.3, 0.4) is 0 Å². The summed E-state index contributed by atoms with van der Waals surface area (Å²) in [6.45, 7) is 0. The van der Waals surface area contributed by atoms with E-state index in [9.17, 15) is 13.6 Å². The van der Waals surface area contributed by atoms with Crippen molar-refractivity contribution in [2.75, 3.05) is 7.11 Å². The van der Waals surface area contributed by atoms with Crippen molar-refractivity contribution in [3.8, 4) is 0 Å². The maximum absolute atomic E-state index is 12.8. The highest BCUT2D eigenvalue weighted by atomic mass is 35.5. The van der Waals surface area contributed by atoms with Crippen molar-refractivity contribution in [2.45, 2.75) is 12.0 Å². The Balaban J connectivity index is 3.21. The van der Waals surface area contributed by atoms with Crippen LogP contribution in [0.2, 0.25) is 5.02 Å². The zero-order valence-electron chi connectivity index (χ0n) is 8.41. The van der Waals surface area contributed by atoms with Gasteiger partial charge in [-0.15, -0.1) is 0 Å². The fourth-order valence-corrected chi connectivity index (χ4v) is 1.35. The second-order valence-corrected chi connectivity index (χ2v) is 3.60. The summed E-state index contributed by atoms with van der Waals surface area (Å²) in [5.74, 6) is -1.19. The van der Waals surface area contributed by atoms with E-state index in [-0.39, 0.29) is 5.56 Å². The molecule has 0 aliphatic carbocycles. The van der Waals surface area contributed by atoms with Crippen molar-refractivity contribution < 1.29 is 18.3 Å². The van der Waals surface area contributed by atoms with E-state index in [0.717, 1.165) is 7.11 Å². The molecule has 1 aromatic carbocycles. The van der Waals surface area contributed by atoms with E-state index in [1.807, 2.05) is 0 Å². The Hall–Kier alpha value is -1.20. The van der Waals surface area contributed by atoms with E-state index >= 15 is 0 Å². The Morgan fingerprint density at radius 3 is 2.31 bits per heavy atom. The highest BCUT2D eigenvalue weighted by Gasteiger charge is 2.46. The molecule has 1 atom stereocenters. The number of alkyl halides is 2. The lowest BCUT2D eigenvalue weighted by Crippen LogP contribution is -2.51. The molecule has 0 aliphatic rings. The van der Waals surface area contributed by atoms with Crippen molar-refractivity contribution in [1.29, 1.82) is 0 Å². The molecule has 0 amide bonds. The summed E-state index contributed by atoms with van der Waals surface area (Å²) in [6, 6.07) is 5.30. The van der Waals surface area contributed by atoms with Gasteiger partial charge in [0, 0.05) is 5.02 Å². The van der Waals surface area contributed by atoms with Gasteiger partial charge >= 0.3 is 5.97 Å². The van der Waals surface area contributed by atoms with Crippen LogP contribution in [0.25, 0.3) is 0 Å². The molecule has 0 saturated carbocycles. The minimum Gasteiger partial charge on any atom is -0.467 e. The first-order valence-corrected chi connectivity index (χ1v) is 4.72. The van der Waals surface area contributed by atoms with Gasteiger partial charge in [0.1, 0.15) is 0 Å². The zero-order valence-corrected chi connectivity index (χ0v) is 9.17. The third kappa shape index (κ3) is 2.15. The molecule has 16 heavy (non-hydrogen) atoms. The number of carbonyl (C=O) groups excluding carboxylic acids is 1. The second kappa shape index (κ2) is 4.76. The number of nitrogens with two attached hydrogens (primary N) is 1. The van der Waals surface area contributed by atoms with Crippen LogP contribution in [-0.4, -0.2) is 19.5 Å². The lowest BCUT2D eigenvalue weighted by Gasteiger charge is -2.25. The molecule has 0 spiro atoms. The van der Waals surface area contributed by atoms with Gasteiger partial charge in [0.25, 0.3) is 6.43 Å². The SMILES string of the molecule is COC(=O)[C@](N)(c1ccc(Cl)cc1)C(F)F. The van der Waals surface area contributed by atoms with Gasteiger partial charge in [-0.3, -0.25) is 0 Å². The molecule has 0 heterocycles. The van der Waals surface area contributed by atoms with Crippen molar-refractivity contribution >= 4 is 17.6 Å². The highest BCUT2D eigenvalue weighted by Crippen LogP contribution is 2.28. The van der Waals surface area contributed by atoms with Gasteiger partial charge in [0.2, 0.25) is 5.54 Å². The summed E-state index contributed by atoms with van der Waals surface area (Å²) in [5.41, 5.74) is 2.90. The smallest absolute Gasteiger partial charge is 0.336 e. The van der Waals surface area contributed by atoms with E-state index < -0.39 is 17.9 Å². The average Bonchev–Trinajstić information content (AvgIpc) is 2.27. The topological polar surface area (TPSA) is 52.3 Å². The van der Waals surface area contributed by atoms with Gasteiger partial charge in [-0.2, -0.15) is 0 Å². The summed E-state index contributed by atoms with van der Waals surface area (Å²) in [7, 11) is 1.00. The molecule has 0 aliphatic heterocycles. The van der Waals surface area contributed by atoms with E-state index in [1.54, 1.807) is 0 Å². The number of methoxy groups -OCH3 is 1. The van der Waals surface area contributed by atoms with Gasteiger partial charge in [-0.1, -0.05) is 23.7 Å². The standard InChI is InChI=1S/C10H10ClF2NO2/c1-16-9(15)10(14,8(12)13)6-2-4-7(11)5-3-6/h2-5,8H,14H2,1H3/t10-/m0/s1. The number of rotatable bonds is 3. The quantitative estimate of drug-likeness (QED) is 0.833. The molecule has 88 valence electrons. The molecule has 1 rings (SSSR count). The van der Waals surface area contributed by atoms with Crippen molar-refractivity contribution in [3.05, 3.63) is 34.9 Å². The molecule has 6 heteroatoms. The van der Waals surface area contributed by atoms with Crippen LogP contribution in [0.5, 0.6) is 0 Å². The number of carbonyl (C=O) groups is 1. The summed E-state index contributed by atoms with van der Waals surface area (Å²) in [6.07, 6.45) is -3.07. The number of ether oxygens (including phenoxy) is 1. The van der Waals surface area contributed by atoms with E-state index in [1.165, 1.54) is 24.3 Å². The molecule has 3 nitrogen and oxygen atoms in total. The van der Waals surface area contributed by atoms with E-state index in [4.69, 9.17) is 17.3 Å². The normalized spacial score (nSPS) is 14.6. The Morgan fingerprint density at radius 1 is 1.44 bits per heavy atom. The fourth-order valence-electron chi connectivity index (χ4n) is 1.23. The first-order valence-electron chi connectivity index (χ1n) is 4.34. The number of halogens is 3. The van der Waals surface area contributed by atoms with Gasteiger partial charge in [0.15, 0.2) is 0 Å². The number of hydrogen-bond acceptors (Lipinski definition) is 3. The predicted octanol–water partition coefficient (Wildman–Crippen LogP) is 1.93. The number of esters is 1. The molecule has 0 aromatic heterocycles. The van der Waals surface area contributed by atoms with Crippen LogP contribution in [0, 0.1) is 0 Å². The van der Waals surface area contributed by atoms with Gasteiger partial charge < -0.3 is 10.5 Å². The first-order chi connectivity index (χ1) is 7.42. The molecule has 1 aromatic rings. The third-order valence-electron chi connectivity index (χ3n) is 2.19. The van der Waals surface area contributed by atoms with E-state index in [0.29, 0.717) is 5.02 Å². The Kier molecular flexibility index (Phi) is 3.83. The average molecular weight is 250 g/mol. The van der Waals surface area contributed by atoms with Crippen LogP contribution < -0.4 is 5.73 Å². The third-order valence-corrected chi connectivity index (χ3v) is 2.44. The Bertz CT molecular complexity index is 383. The van der Waals surface area contributed by atoms with Crippen LogP contribution in [-0.2, 0) is 15.1 Å². The zero-order chi connectivity index (χ0) is 12.3. The molecule has 0 radical (unpaired) electrons. The molecule has 0 saturated heterocycles. The Labute approximate surface area is 96.1 Å². The van der Waals surface area contributed by atoms with Crippen LogP contribution in [0.1, 0.15) is 5.56 Å². The maximum Gasteiger partial charge on any atom is 0.336 e. The molecule has 0 bridgehead atoms. The minimum atomic E-state index is -3.07. The molecule has 2 N–H and O–H groups in total. The summed E-state index contributed by atoms with van der Waals surface area (Å²) >= 11 is 5.61. The molecular weight excluding hydrogens is 240 g/mol. The van der Waals surface area contributed by atoms with Crippen molar-refractivity contribution in [3.63, 3.8) is 0 Å².